The van der Waals surface area contributed by atoms with E-state index < -0.39 is 0 Å². The highest BCUT2D eigenvalue weighted by Gasteiger charge is 2.10. The Morgan fingerprint density at radius 2 is 1.21 bits per heavy atom. The molecule has 0 spiro atoms. The standard InChI is InChI=1S/C24H15ClN4/c25-24-28-22(18-11-9-17(10-12-18)21-7-3-4-14-26-21)27-23(29-24)20-13-8-16-5-1-2-6-19(16)15-20/h1-15H. The molecule has 0 amide bonds. The fourth-order valence-corrected chi connectivity index (χ4v) is 3.42. The second-order valence-electron chi connectivity index (χ2n) is 6.61. The third-order valence-electron chi connectivity index (χ3n) is 4.72. The quantitative estimate of drug-likeness (QED) is 0.372. The number of fused-ring (bicyclic) bond motifs is 1. The summed E-state index contributed by atoms with van der Waals surface area (Å²) >= 11 is 6.22. The van der Waals surface area contributed by atoms with Gasteiger partial charge in [0.05, 0.1) is 5.69 Å². The highest BCUT2D eigenvalue weighted by molar-refractivity contribution is 6.28. The average Bonchev–Trinajstić information content (AvgIpc) is 2.79. The minimum atomic E-state index is 0.173. The first-order valence-corrected chi connectivity index (χ1v) is 9.57. The second-order valence-corrected chi connectivity index (χ2v) is 6.94. The Labute approximate surface area is 172 Å². The smallest absolute Gasteiger partial charge is 0.226 e. The van der Waals surface area contributed by atoms with Gasteiger partial charge in [-0.25, -0.2) is 4.98 Å². The maximum absolute atomic E-state index is 6.22. The summed E-state index contributed by atoms with van der Waals surface area (Å²) in [6, 6.07) is 28.1. The van der Waals surface area contributed by atoms with Gasteiger partial charge >= 0.3 is 0 Å². The first kappa shape index (κ1) is 17.5. The number of benzene rings is 3. The van der Waals surface area contributed by atoms with Crippen LogP contribution in [0.15, 0.2) is 91.1 Å². The van der Waals surface area contributed by atoms with E-state index in [9.17, 15) is 0 Å². The van der Waals surface area contributed by atoms with Gasteiger partial charge in [0.25, 0.3) is 0 Å². The van der Waals surface area contributed by atoms with Gasteiger partial charge in [-0.05, 0) is 40.6 Å². The largest absolute Gasteiger partial charge is 0.256 e. The van der Waals surface area contributed by atoms with Crippen LogP contribution in [0.5, 0.6) is 0 Å². The summed E-state index contributed by atoms with van der Waals surface area (Å²) in [5.74, 6) is 1.10. The average molecular weight is 395 g/mol. The SMILES string of the molecule is Clc1nc(-c2ccc(-c3ccccn3)cc2)nc(-c2ccc3ccccc3c2)n1. The lowest BCUT2D eigenvalue weighted by atomic mass is 10.1. The summed E-state index contributed by atoms with van der Waals surface area (Å²) in [7, 11) is 0. The second kappa shape index (κ2) is 7.41. The van der Waals surface area contributed by atoms with E-state index in [2.05, 4.69) is 44.2 Å². The molecule has 2 aromatic heterocycles. The topological polar surface area (TPSA) is 51.6 Å². The molecule has 0 saturated heterocycles. The van der Waals surface area contributed by atoms with E-state index in [1.54, 1.807) is 6.20 Å². The fourth-order valence-electron chi connectivity index (χ4n) is 3.26. The van der Waals surface area contributed by atoms with Crippen molar-refractivity contribution >= 4 is 22.4 Å². The summed E-state index contributed by atoms with van der Waals surface area (Å²) in [5, 5.41) is 2.47. The predicted molar refractivity (Wildman–Crippen MR) is 116 cm³/mol. The van der Waals surface area contributed by atoms with Crippen LogP contribution < -0.4 is 0 Å². The number of halogens is 1. The Balaban J connectivity index is 1.53. The van der Waals surface area contributed by atoms with Crippen LogP contribution in [0.3, 0.4) is 0 Å². The minimum absolute atomic E-state index is 0.173. The molecule has 0 atom stereocenters. The Morgan fingerprint density at radius 3 is 1.97 bits per heavy atom. The van der Waals surface area contributed by atoms with Crippen LogP contribution in [0.4, 0.5) is 0 Å². The van der Waals surface area contributed by atoms with Gasteiger partial charge < -0.3 is 0 Å². The van der Waals surface area contributed by atoms with Crippen LogP contribution >= 0.6 is 11.6 Å². The summed E-state index contributed by atoms with van der Waals surface area (Å²) < 4.78 is 0. The molecule has 0 unspecified atom stereocenters. The molecule has 0 saturated carbocycles. The van der Waals surface area contributed by atoms with Gasteiger partial charge in [-0.15, -0.1) is 0 Å². The van der Waals surface area contributed by atoms with Crippen molar-refractivity contribution in [3.05, 3.63) is 96.4 Å². The Bertz CT molecular complexity index is 1300. The molecule has 0 N–H and O–H groups in total. The van der Waals surface area contributed by atoms with Gasteiger partial charge in [0.15, 0.2) is 11.6 Å². The van der Waals surface area contributed by atoms with Gasteiger partial charge in [-0.1, -0.05) is 66.7 Å². The zero-order valence-corrected chi connectivity index (χ0v) is 16.1. The summed E-state index contributed by atoms with van der Waals surface area (Å²) in [5.41, 5.74) is 3.73. The molecule has 5 aromatic rings. The number of hydrogen-bond donors (Lipinski definition) is 0. The molecular formula is C24H15ClN4. The highest BCUT2D eigenvalue weighted by Crippen LogP contribution is 2.26. The van der Waals surface area contributed by atoms with Crippen molar-refractivity contribution in [2.24, 2.45) is 0 Å². The van der Waals surface area contributed by atoms with Crippen molar-refractivity contribution in [3.63, 3.8) is 0 Å². The maximum atomic E-state index is 6.22. The molecule has 29 heavy (non-hydrogen) atoms. The van der Waals surface area contributed by atoms with E-state index in [4.69, 9.17) is 11.6 Å². The number of hydrogen-bond acceptors (Lipinski definition) is 4. The molecule has 0 bridgehead atoms. The van der Waals surface area contributed by atoms with Crippen LogP contribution in [-0.2, 0) is 0 Å². The molecule has 0 fully saturated rings. The van der Waals surface area contributed by atoms with E-state index in [-0.39, 0.29) is 5.28 Å². The number of nitrogens with zero attached hydrogens (tertiary/aromatic N) is 4. The van der Waals surface area contributed by atoms with Crippen molar-refractivity contribution in [2.45, 2.75) is 0 Å². The van der Waals surface area contributed by atoms with Crippen LogP contribution in [0.2, 0.25) is 5.28 Å². The third kappa shape index (κ3) is 3.58. The van der Waals surface area contributed by atoms with Gasteiger partial charge in [0.2, 0.25) is 5.28 Å². The molecule has 3 aromatic carbocycles. The van der Waals surface area contributed by atoms with Gasteiger partial charge in [0.1, 0.15) is 0 Å². The minimum Gasteiger partial charge on any atom is -0.256 e. The highest BCUT2D eigenvalue weighted by atomic mass is 35.5. The van der Waals surface area contributed by atoms with Crippen LogP contribution in [-0.4, -0.2) is 19.9 Å². The lowest BCUT2D eigenvalue weighted by Crippen LogP contribution is -1.97. The summed E-state index contributed by atoms with van der Waals surface area (Å²) in [6.07, 6.45) is 1.78. The fraction of sp³-hybridized carbons (Fsp3) is 0. The first-order chi connectivity index (χ1) is 14.3. The molecule has 4 nitrogen and oxygen atoms in total. The molecular weight excluding hydrogens is 380 g/mol. The molecule has 5 rings (SSSR count). The molecule has 138 valence electrons. The number of rotatable bonds is 3. The lowest BCUT2D eigenvalue weighted by molar-refractivity contribution is 1.07. The predicted octanol–water partition coefficient (Wildman–Crippen LogP) is 6.07. The Hall–Kier alpha value is -3.63. The first-order valence-electron chi connectivity index (χ1n) is 9.19. The molecule has 0 aliphatic rings. The van der Waals surface area contributed by atoms with Gasteiger partial charge in [0, 0.05) is 22.9 Å². The third-order valence-corrected chi connectivity index (χ3v) is 4.89. The van der Waals surface area contributed by atoms with E-state index in [0.29, 0.717) is 11.6 Å². The van der Waals surface area contributed by atoms with E-state index in [0.717, 1.165) is 27.8 Å². The Kier molecular flexibility index (Phi) is 4.47. The summed E-state index contributed by atoms with van der Waals surface area (Å²) in [4.78, 5) is 17.7. The van der Waals surface area contributed by atoms with Gasteiger partial charge in [-0.3, -0.25) is 4.98 Å². The van der Waals surface area contributed by atoms with Crippen molar-refractivity contribution < 1.29 is 0 Å². The monoisotopic (exact) mass is 394 g/mol. The van der Waals surface area contributed by atoms with E-state index in [1.807, 2.05) is 60.7 Å². The molecule has 2 heterocycles. The normalized spacial score (nSPS) is 10.9. The van der Waals surface area contributed by atoms with Crippen LogP contribution in [0.1, 0.15) is 0 Å². The number of pyridine rings is 1. The molecule has 0 aliphatic carbocycles. The van der Waals surface area contributed by atoms with Crippen molar-refractivity contribution in [1.29, 1.82) is 0 Å². The van der Waals surface area contributed by atoms with Gasteiger partial charge in [-0.2, -0.15) is 9.97 Å². The van der Waals surface area contributed by atoms with E-state index in [1.165, 1.54) is 5.39 Å². The van der Waals surface area contributed by atoms with Crippen molar-refractivity contribution in [1.82, 2.24) is 19.9 Å². The van der Waals surface area contributed by atoms with Crippen molar-refractivity contribution in [3.8, 4) is 34.0 Å². The Morgan fingerprint density at radius 1 is 0.552 bits per heavy atom. The number of aromatic nitrogens is 4. The summed E-state index contributed by atoms with van der Waals surface area (Å²) in [6.45, 7) is 0. The molecule has 0 aliphatic heterocycles. The van der Waals surface area contributed by atoms with E-state index >= 15 is 0 Å². The molecule has 0 radical (unpaired) electrons. The lowest BCUT2D eigenvalue weighted by Gasteiger charge is -2.07. The maximum Gasteiger partial charge on any atom is 0.226 e. The van der Waals surface area contributed by atoms with Crippen molar-refractivity contribution in [2.75, 3.05) is 0 Å². The zero-order valence-electron chi connectivity index (χ0n) is 15.3. The van der Waals surface area contributed by atoms with Crippen LogP contribution in [0, 0.1) is 0 Å². The van der Waals surface area contributed by atoms with Crippen LogP contribution in [0.25, 0.3) is 44.8 Å². The zero-order chi connectivity index (χ0) is 19.6. The molecule has 5 heteroatoms.